The Kier molecular flexibility index (Phi) is 4.45. The monoisotopic (exact) mass is 339 g/mol. The first-order valence-corrected chi connectivity index (χ1v) is 6.70. The van der Waals surface area contributed by atoms with Crippen molar-refractivity contribution in [3.63, 3.8) is 0 Å². The van der Waals surface area contributed by atoms with E-state index in [1.807, 2.05) is 24.3 Å². The number of anilines is 1. The third kappa shape index (κ3) is 3.49. The van der Waals surface area contributed by atoms with Crippen molar-refractivity contribution in [1.29, 1.82) is 0 Å². The lowest BCUT2D eigenvalue weighted by Gasteiger charge is -2.07. The zero-order valence-electron chi connectivity index (χ0n) is 9.90. The molecule has 0 radical (unpaired) electrons. The summed E-state index contributed by atoms with van der Waals surface area (Å²) in [4.78, 5) is 11.9. The quantitative estimate of drug-likeness (QED) is 0.677. The van der Waals surface area contributed by atoms with Gasteiger partial charge in [0.2, 0.25) is 0 Å². The zero-order chi connectivity index (χ0) is 13.8. The van der Waals surface area contributed by atoms with Crippen LogP contribution in [0.5, 0.6) is 0 Å². The molecule has 2 aromatic rings. The summed E-state index contributed by atoms with van der Waals surface area (Å²) in [7, 11) is 0. The Morgan fingerprint density at radius 2 is 1.89 bits per heavy atom. The van der Waals surface area contributed by atoms with Gasteiger partial charge >= 0.3 is 5.97 Å². The Morgan fingerprint density at radius 3 is 2.58 bits per heavy atom. The third-order valence-electron chi connectivity index (χ3n) is 2.53. The van der Waals surface area contributed by atoms with E-state index in [0.717, 1.165) is 10.0 Å². The summed E-state index contributed by atoms with van der Waals surface area (Å²) in [5, 5.41) is 0.225. The first kappa shape index (κ1) is 13.9. The van der Waals surface area contributed by atoms with Crippen molar-refractivity contribution >= 4 is 39.2 Å². The van der Waals surface area contributed by atoms with Crippen LogP contribution >= 0.6 is 27.5 Å². The van der Waals surface area contributed by atoms with Crippen LogP contribution in [-0.4, -0.2) is 5.97 Å². The van der Waals surface area contributed by atoms with Gasteiger partial charge in [0, 0.05) is 4.47 Å². The third-order valence-corrected chi connectivity index (χ3v) is 3.48. The summed E-state index contributed by atoms with van der Waals surface area (Å²) in [6.07, 6.45) is 0. The highest BCUT2D eigenvalue weighted by Gasteiger charge is 2.13. The van der Waals surface area contributed by atoms with Gasteiger partial charge in [-0.3, -0.25) is 0 Å². The lowest BCUT2D eigenvalue weighted by Crippen LogP contribution is -2.07. The van der Waals surface area contributed by atoms with Gasteiger partial charge in [-0.05, 0) is 29.8 Å². The summed E-state index contributed by atoms with van der Waals surface area (Å²) in [6, 6.07) is 12.4. The number of carbonyl (C=O) groups is 1. The maximum atomic E-state index is 11.9. The molecule has 19 heavy (non-hydrogen) atoms. The molecule has 0 saturated carbocycles. The number of halogens is 2. The molecule has 0 spiro atoms. The number of benzene rings is 2. The van der Waals surface area contributed by atoms with E-state index < -0.39 is 5.97 Å². The molecule has 2 aromatic carbocycles. The fourth-order valence-corrected chi connectivity index (χ4v) is 1.98. The zero-order valence-corrected chi connectivity index (χ0v) is 12.2. The van der Waals surface area contributed by atoms with E-state index in [0.29, 0.717) is 5.69 Å². The van der Waals surface area contributed by atoms with Crippen molar-refractivity contribution in [2.45, 2.75) is 6.61 Å². The molecule has 0 unspecified atom stereocenters. The molecule has 0 heterocycles. The van der Waals surface area contributed by atoms with Gasteiger partial charge in [0.1, 0.15) is 6.61 Å². The summed E-state index contributed by atoms with van der Waals surface area (Å²) < 4.78 is 6.17. The van der Waals surface area contributed by atoms with Crippen molar-refractivity contribution in [2.24, 2.45) is 0 Å². The average molecular weight is 341 g/mol. The Morgan fingerprint density at radius 1 is 1.21 bits per heavy atom. The molecule has 0 aromatic heterocycles. The van der Waals surface area contributed by atoms with Crippen LogP contribution in [0.15, 0.2) is 46.9 Å². The van der Waals surface area contributed by atoms with Gasteiger partial charge in [0.05, 0.1) is 16.3 Å². The maximum absolute atomic E-state index is 11.9. The number of nitrogens with two attached hydrogens (primary N) is 1. The molecule has 0 bridgehead atoms. The molecule has 5 heteroatoms. The lowest BCUT2D eigenvalue weighted by molar-refractivity contribution is 0.0473. The number of nitrogen functional groups attached to an aromatic ring is 1. The first-order chi connectivity index (χ1) is 9.08. The molecule has 0 amide bonds. The van der Waals surface area contributed by atoms with Crippen molar-refractivity contribution in [2.75, 3.05) is 5.73 Å². The van der Waals surface area contributed by atoms with E-state index in [9.17, 15) is 4.79 Å². The standard InChI is InChI=1S/C14H11BrClNO2/c15-10-6-4-9(5-7-10)8-19-14(18)11-2-1-3-12(17)13(11)16/h1-7H,8,17H2. The fourth-order valence-electron chi connectivity index (χ4n) is 1.51. The van der Waals surface area contributed by atoms with Crippen LogP contribution in [0.2, 0.25) is 5.02 Å². The predicted molar refractivity (Wildman–Crippen MR) is 79.1 cm³/mol. The average Bonchev–Trinajstić information content (AvgIpc) is 2.41. The van der Waals surface area contributed by atoms with Crippen molar-refractivity contribution in [3.8, 4) is 0 Å². The van der Waals surface area contributed by atoms with E-state index in [-0.39, 0.29) is 17.2 Å². The minimum absolute atomic E-state index is 0.192. The Bertz CT molecular complexity index is 599. The predicted octanol–water partition coefficient (Wildman–Crippen LogP) is 4.04. The second-order valence-corrected chi connectivity index (χ2v) is 5.21. The minimum Gasteiger partial charge on any atom is -0.457 e. The normalized spacial score (nSPS) is 10.2. The Labute approximate surface area is 124 Å². The summed E-state index contributed by atoms with van der Waals surface area (Å²) in [5.74, 6) is -0.486. The van der Waals surface area contributed by atoms with Crippen LogP contribution in [0.3, 0.4) is 0 Å². The van der Waals surface area contributed by atoms with Crippen molar-refractivity contribution in [1.82, 2.24) is 0 Å². The molecule has 0 aliphatic rings. The lowest BCUT2D eigenvalue weighted by atomic mass is 10.2. The highest BCUT2D eigenvalue weighted by molar-refractivity contribution is 9.10. The van der Waals surface area contributed by atoms with E-state index >= 15 is 0 Å². The van der Waals surface area contributed by atoms with Crippen LogP contribution in [0, 0.1) is 0 Å². The van der Waals surface area contributed by atoms with Crippen LogP contribution in [-0.2, 0) is 11.3 Å². The van der Waals surface area contributed by atoms with E-state index in [1.54, 1.807) is 18.2 Å². The SMILES string of the molecule is Nc1cccc(C(=O)OCc2ccc(Br)cc2)c1Cl. The van der Waals surface area contributed by atoms with Crippen LogP contribution in [0.1, 0.15) is 15.9 Å². The number of rotatable bonds is 3. The van der Waals surface area contributed by atoms with E-state index in [4.69, 9.17) is 22.1 Å². The largest absolute Gasteiger partial charge is 0.457 e. The van der Waals surface area contributed by atoms with Gasteiger partial charge in [-0.1, -0.05) is 45.7 Å². The van der Waals surface area contributed by atoms with Gasteiger partial charge < -0.3 is 10.5 Å². The Balaban J connectivity index is 2.05. The summed E-state index contributed by atoms with van der Waals surface area (Å²) in [5.41, 5.74) is 7.17. The number of hydrogen-bond donors (Lipinski definition) is 1. The Hall–Kier alpha value is -1.52. The molecule has 0 aliphatic heterocycles. The maximum Gasteiger partial charge on any atom is 0.340 e. The molecule has 98 valence electrons. The molecule has 0 atom stereocenters. The van der Waals surface area contributed by atoms with E-state index in [1.165, 1.54) is 0 Å². The van der Waals surface area contributed by atoms with Gasteiger partial charge in [-0.15, -0.1) is 0 Å². The molecule has 0 fully saturated rings. The molecular formula is C14H11BrClNO2. The summed E-state index contributed by atoms with van der Waals surface area (Å²) >= 11 is 9.30. The fraction of sp³-hybridized carbons (Fsp3) is 0.0714. The molecule has 3 nitrogen and oxygen atoms in total. The van der Waals surface area contributed by atoms with Crippen LogP contribution < -0.4 is 5.73 Å². The molecule has 0 saturated heterocycles. The van der Waals surface area contributed by atoms with Crippen LogP contribution in [0.25, 0.3) is 0 Å². The highest BCUT2D eigenvalue weighted by atomic mass is 79.9. The number of ether oxygens (including phenoxy) is 1. The van der Waals surface area contributed by atoms with Crippen molar-refractivity contribution < 1.29 is 9.53 Å². The first-order valence-electron chi connectivity index (χ1n) is 5.53. The molecule has 0 aliphatic carbocycles. The highest BCUT2D eigenvalue weighted by Crippen LogP contribution is 2.24. The van der Waals surface area contributed by atoms with E-state index in [2.05, 4.69) is 15.9 Å². The topological polar surface area (TPSA) is 52.3 Å². The summed E-state index contributed by atoms with van der Waals surface area (Å²) in [6.45, 7) is 0.192. The number of carbonyl (C=O) groups excluding carboxylic acids is 1. The molecule has 2 rings (SSSR count). The second kappa shape index (κ2) is 6.08. The molecular weight excluding hydrogens is 330 g/mol. The number of esters is 1. The van der Waals surface area contributed by atoms with Gasteiger partial charge in [-0.25, -0.2) is 4.79 Å². The van der Waals surface area contributed by atoms with Crippen LogP contribution in [0.4, 0.5) is 5.69 Å². The smallest absolute Gasteiger partial charge is 0.340 e. The van der Waals surface area contributed by atoms with Crippen molar-refractivity contribution in [3.05, 3.63) is 63.1 Å². The van der Waals surface area contributed by atoms with Gasteiger partial charge in [0.15, 0.2) is 0 Å². The minimum atomic E-state index is -0.486. The van der Waals surface area contributed by atoms with Gasteiger partial charge in [-0.2, -0.15) is 0 Å². The van der Waals surface area contributed by atoms with Gasteiger partial charge in [0.25, 0.3) is 0 Å². The second-order valence-electron chi connectivity index (χ2n) is 3.91. The molecule has 2 N–H and O–H groups in total. The number of hydrogen-bond acceptors (Lipinski definition) is 3.